The number of anilines is 3. The zero-order chi connectivity index (χ0) is 41.7. The van der Waals surface area contributed by atoms with E-state index in [1.165, 1.54) is 86.5 Å². The fraction of sp³-hybridized carbons (Fsp3) is 0. The third-order valence-electron chi connectivity index (χ3n) is 12.4. The summed E-state index contributed by atoms with van der Waals surface area (Å²) in [7, 11) is 0. The van der Waals surface area contributed by atoms with E-state index < -0.39 is 0 Å². The predicted molar refractivity (Wildman–Crippen MR) is 270 cm³/mol. The molecule has 0 bridgehead atoms. The minimum atomic E-state index is 1.08. The summed E-state index contributed by atoms with van der Waals surface area (Å²) in [5, 5.41) is 5.00. The largest absolute Gasteiger partial charge is 0.309 e. The summed E-state index contributed by atoms with van der Waals surface area (Å²) in [6.45, 7) is 0. The van der Waals surface area contributed by atoms with Gasteiger partial charge in [0.1, 0.15) is 0 Å². The Morgan fingerprint density at radius 1 is 0.333 bits per heavy atom. The zero-order valence-electron chi connectivity index (χ0n) is 34.4. The molecule has 0 atom stereocenters. The van der Waals surface area contributed by atoms with Crippen molar-refractivity contribution >= 4 is 70.4 Å². The maximum atomic E-state index is 2.53. The SMILES string of the molecule is c1ccc(-c2ccccc2-c2c(-c3ccccc3)cccc2N(c2ccc3c(c2)c2ccccc2n3-c2ccccc2)c2ccccc2-c2cccc3c2sc2ccccc23)cc1. The first-order valence-electron chi connectivity index (χ1n) is 21.5. The van der Waals surface area contributed by atoms with Gasteiger partial charge in [0.05, 0.1) is 22.4 Å². The van der Waals surface area contributed by atoms with Crippen molar-refractivity contribution in [3.05, 3.63) is 243 Å². The molecule has 0 aliphatic carbocycles. The molecular formula is C60H40N2S. The van der Waals surface area contributed by atoms with Gasteiger partial charge in [-0.15, -0.1) is 11.3 Å². The fourth-order valence-corrected chi connectivity index (χ4v) is 10.9. The second-order valence-electron chi connectivity index (χ2n) is 16.0. The third kappa shape index (κ3) is 6.24. The highest BCUT2D eigenvalue weighted by Crippen LogP contribution is 2.51. The highest BCUT2D eigenvalue weighted by molar-refractivity contribution is 7.26. The molecule has 0 unspecified atom stereocenters. The van der Waals surface area contributed by atoms with Gasteiger partial charge in [-0.2, -0.15) is 0 Å². The standard InChI is InChI=1S/C60H40N2S/c1-4-20-41(21-5-1)45-26-10-11-30-50(45)59-46(42-22-6-2-7-23-42)31-19-36-57(59)62(44-38-39-56-53(40-44)48-28-13-16-35-55(48)61(56)43-24-8-3-9-25-43)54-34-15-12-27-47(54)51-32-18-33-52-49-29-14-17-37-58(49)63-60(51)52/h1-40H. The van der Waals surface area contributed by atoms with Crippen LogP contribution in [0.1, 0.15) is 0 Å². The highest BCUT2D eigenvalue weighted by Gasteiger charge is 2.26. The number of thiophene rings is 1. The summed E-state index contributed by atoms with van der Waals surface area (Å²) < 4.78 is 4.98. The lowest BCUT2D eigenvalue weighted by Gasteiger charge is -2.31. The molecule has 12 rings (SSSR count). The first kappa shape index (κ1) is 36.8. The van der Waals surface area contributed by atoms with Crippen LogP contribution in [0.2, 0.25) is 0 Å². The van der Waals surface area contributed by atoms with E-state index >= 15 is 0 Å². The van der Waals surface area contributed by atoms with Gasteiger partial charge in [0.2, 0.25) is 0 Å². The van der Waals surface area contributed by atoms with Gasteiger partial charge in [-0.25, -0.2) is 0 Å². The molecular weight excluding hydrogens is 781 g/mol. The van der Waals surface area contributed by atoms with Crippen molar-refractivity contribution < 1.29 is 0 Å². The summed E-state index contributed by atoms with van der Waals surface area (Å²) >= 11 is 1.88. The summed E-state index contributed by atoms with van der Waals surface area (Å²) in [5.74, 6) is 0. The van der Waals surface area contributed by atoms with E-state index in [1.807, 2.05) is 11.3 Å². The lowest BCUT2D eigenvalue weighted by Crippen LogP contribution is -2.13. The lowest BCUT2D eigenvalue weighted by molar-refractivity contribution is 1.18. The van der Waals surface area contributed by atoms with E-state index in [1.54, 1.807) is 0 Å². The molecule has 3 heteroatoms. The third-order valence-corrected chi connectivity index (χ3v) is 13.6. The molecule has 0 saturated carbocycles. The minimum absolute atomic E-state index is 1.08. The summed E-state index contributed by atoms with van der Waals surface area (Å²) in [6, 6.07) is 88.5. The van der Waals surface area contributed by atoms with Crippen molar-refractivity contribution in [3.63, 3.8) is 0 Å². The molecule has 63 heavy (non-hydrogen) atoms. The average Bonchev–Trinajstić information content (AvgIpc) is 3.91. The molecule has 0 saturated heterocycles. The van der Waals surface area contributed by atoms with Gasteiger partial charge >= 0.3 is 0 Å². The Balaban J connectivity index is 1.19. The lowest BCUT2D eigenvalue weighted by atomic mass is 9.87. The zero-order valence-corrected chi connectivity index (χ0v) is 35.2. The molecule has 0 fully saturated rings. The quantitative estimate of drug-likeness (QED) is 0.148. The Kier molecular flexibility index (Phi) is 9.06. The average molecular weight is 821 g/mol. The van der Waals surface area contributed by atoms with Crippen LogP contribution < -0.4 is 4.90 Å². The maximum Gasteiger partial charge on any atom is 0.0546 e. The summed E-state index contributed by atoms with van der Waals surface area (Å²) in [4.78, 5) is 2.53. The van der Waals surface area contributed by atoms with Crippen LogP contribution in [0.4, 0.5) is 17.1 Å². The van der Waals surface area contributed by atoms with Gasteiger partial charge in [-0.1, -0.05) is 188 Å². The Morgan fingerprint density at radius 3 is 1.67 bits per heavy atom. The molecule has 0 aliphatic heterocycles. The Labute approximate surface area is 370 Å². The molecule has 296 valence electrons. The number of hydrogen-bond donors (Lipinski definition) is 0. The van der Waals surface area contributed by atoms with Crippen molar-refractivity contribution in [1.82, 2.24) is 4.57 Å². The van der Waals surface area contributed by atoms with Gasteiger partial charge < -0.3 is 9.47 Å². The van der Waals surface area contributed by atoms with E-state index in [0.717, 1.165) is 22.7 Å². The molecule has 0 spiro atoms. The van der Waals surface area contributed by atoms with Gasteiger partial charge in [0, 0.05) is 59.0 Å². The number of para-hydroxylation sites is 3. The number of aromatic nitrogens is 1. The van der Waals surface area contributed by atoms with Crippen LogP contribution in [0.15, 0.2) is 243 Å². The van der Waals surface area contributed by atoms with Crippen LogP contribution in [-0.4, -0.2) is 4.57 Å². The molecule has 2 nitrogen and oxygen atoms in total. The van der Waals surface area contributed by atoms with Gasteiger partial charge in [-0.05, 0) is 82.4 Å². The van der Waals surface area contributed by atoms with Crippen LogP contribution in [0.25, 0.3) is 92.2 Å². The van der Waals surface area contributed by atoms with Crippen LogP contribution in [0.5, 0.6) is 0 Å². The number of benzene rings is 10. The molecule has 2 heterocycles. The molecule has 0 amide bonds. The van der Waals surface area contributed by atoms with Crippen molar-refractivity contribution in [1.29, 1.82) is 0 Å². The van der Waals surface area contributed by atoms with Crippen molar-refractivity contribution in [3.8, 4) is 50.2 Å². The summed E-state index contributed by atoms with van der Waals surface area (Å²) in [6.07, 6.45) is 0. The number of rotatable bonds is 8. The molecule has 2 aromatic heterocycles. The van der Waals surface area contributed by atoms with Crippen LogP contribution in [0, 0.1) is 0 Å². The smallest absolute Gasteiger partial charge is 0.0546 e. The van der Waals surface area contributed by atoms with Crippen molar-refractivity contribution in [2.24, 2.45) is 0 Å². The second-order valence-corrected chi connectivity index (χ2v) is 17.1. The van der Waals surface area contributed by atoms with E-state index in [4.69, 9.17) is 0 Å². The second kappa shape index (κ2) is 15.5. The minimum Gasteiger partial charge on any atom is -0.309 e. The van der Waals surface area contributed by atoms with Crippen molar-refractivity contribution in [2.75, 3.05) is 4.90 Å². The highest BCUT2D eigenvalue weighted by atomic mass is 32.1. The van der Waals surface area contributed by atoms with Gasteiger partial charge in [0.15, 0.2) is 0 Å². The summed E-state index contributed by atoms with van der Waals surface area (Å²) in [5.41, 5.74) is 16.2. The first-order valence-corrected chi connectivity index (χ1v) is 22.3. The van der Waals surface area contributed by atoms with E-state index in [9.17, 15) is 0 Å². The van der Waals surface area contributed by atoms with Gasteiger partial charge in [-0.3, -0.25) is 0 Å². The van der Waals surface area contributed by atoms with E-state index in [-0.39, 0.29) is 0 Å². The number of nitrogens with zero attached hydrogens (tertiary/aromatic N) is 2. The Hall–Kier alpha value is -7.98. The number of hydrogen-bond acceptors (Lipinski definition) is 2. The van der Waals surface area contributed by atoms with Crippen molar-refractivity contribution in [2.45, 2.75) is 0 Å². The van der Waals surface area contributed by atoms with Crippen LogP contribution >= 0.6 is 11.3 Å². The Bertz CT molecular complexity index is 3620. The molecule has 0 aliphatic rings. The van der Waals surface area contributed by atoms with E-state index in [2.05, 4.69) is 252 Å². The predicted octanol–water partition coefficient (Wildman–Crippen LogP) is 17.3. The topological polar surface area (TPSA) is 8.17 Å². The van der Waals surface area contributed by atoms with Crippen LogP contribution in [-0.2, 0) is 0 Å². The van der Waals surface area contributed by atoms with E-state index in [0.29, 0.717) is 0 Å². The number of fused-ring (bicyclic) bond motifs is 6. The fourth-order valence-electron chi connectivity index (χ4n) is 9.66. The molecule has 0 radical (unpaired) electrons. The Morgan fingerprint density at radius 2 is 0.873 bits per heavy atom. The molecule has 0 N–H and O–H groups in total. The first-order chi connectivity index (χ1) is 31.3. The van der Waals surface area contributed by atoms with Gasteiger partial charge in [0.25, 0.3) is 0 Å². The normalized spacial score (nSPS) is 11.5. The van der Waals surface area contributed by atoms with Crippen LogP contribution in [0.3, 0.4) is 0 Å². The molecule has 10 aromatic carbocycles. The molecule has 12 aromatic rings. The maximum absolute atomic E-state index is 2.53. The monoisotopic (exact) mass is 820 g/mol.